The number of carbonyl (C=O) groups is 3. The molecule has 1 unspecified atom stereocenters. The van der Waals surface area contributed by atoms with Gasteiger partial charge in [-0.25, -0.2) is 0 Å². The van der Waals surface area contributed by atoms with E-state index in [1.54, 1.807) is 0 Å². The Morgan fingerprint density at radius 2 is 0.656 bits per heavy atom. The van der Waals surface area contributed by atoms with Crippen LogP contribution in [-0.4, -0.2) is 37.2 Å². The van der Waals surface area contributed by atoms with Gasteiger partial charge in [0.15, 0.2) is 6.10 Å². The minimum Gasteiger partial charge on any atom is -0.462 e. The molecule has 6 heteroatoms. The summed E-state index contributed by atoms with van der Waals surface area (Å²) in [5.74, 6) is -1.00. The zero-order valence-electron chi connectivity index (χ0n) is 41.3. The zero-order valence-corrected chi connectivity index (χ0v) is 41.3. The van der Waals surface area contributed by atoms with Crippen LogP contribution in [0.5, 0.6) is 0 Å². The molecule has 0 aliphatic carbocycles. The van der Waals surface area contributed by atoms with Gasteiger partial charge in [0, 0.05) is 19.3 Å². The Morgan fingerprint density at radius 1 is 0.328 bits per heavy atom. The Labute approximate surface area is 393 Å². The van der Waals surface area contributed by atoms with Crippen LogP contribution in [0.1, 0.15) is 220 Å². The van der Waals surface area contributed by atoms with Gasteiger partial charge in [-0.2, -0.15) is 0 Å². The summed E-state index contributed by atoms with van der Waals surface area (Å²) in [6.07, 6.45) is 69.3. The Balaban J connectivity index is 4.54. The van der Waals surface area contributed by atoms with Gasteiger partial charge in [-0.1, -0.05) is 194 Å². The van der Waals surface area contributed by atoms with E-state index in [2.05, 4.69) is 130 Å². The molecule has 0 rings (SSSR count). The monoisotopic (exact) mass is 887 g/mol. The molecule has 1 atom stereocenters. The summed E-state index contributed by atoms with van der Waals surface area (Å²) in [7, 11) is 0. The predicted molar refractivity (Wildman–Crippen MR) is 274 cm³/mol. The fourth-order valence-corrected chi connectivity index (χ4v) is 6.60. The normalized spacial score (nSPS) is 13.0. The molecule has 0 aromatic rings. The summed E-state index contributed by atoms with van der Waals surface area (Å²) in [5.41, 5.74) is 0. The minimum absolute atomic E-state index is 0.111. The Hall–Kier alpha value is -3.93. The van der Waals surface area contributed by atoms with E-state index in [4.69, 9.17) is 14.2 Å². The third-order valence-electron chi connectivity index (χ3n) is 10.5. The lowest BCUT2D eigenvalue weighted by atomic mass is 10.1. The van der Waals surface area contributed by atoms with Crippen LogP contribution in [0, 0.1) is 0 Å². The fraction of sp³-hybridized carbons (Fsp3) is 0.638. The van der Waals surface area contributed by atoms with Crippen LogP contribution in [0.4, 0.5) is 0 Å². The number of rotatable bonds is 45. The van der Waals surface area contributed by atoms with Crippen molar-refractivity contribution in [2.75, 3.05) is 13.2 Å². The van der Waals surface area contributed by atoms with Crippen molar-refractivity contribution in [1.82, 2.24) is 0 Å². The second kappa shape index (κ2) is 51.7. The lowest BCUT2D eigenvalue weighted by Gasteiger charge is -2.18. The van der Waals surface area contributed by atoms with Crippen molar-refractivity contribution in [2.24, 2.45) is 0 Å². The molecule has 0 N–H and O–H groups in total. The van der Waals surface area contributed by atoms with Gasteiger partial charge in [-0.05, 0) is 116 Å². The quantitative estimate of drug-likeness (QED) is 0.0262. The molecular formula is C58H94O6. The van der Waals surface area contributed by atoms with E-state index in [1.165, 1.54) is 38.5 Å². The highest BCUT2D eigenvalue weighted by Crippen LogP contribution is 2.12. The number of carbonyl (C=O) groups excluding carboxylic acids is 3. The topological polar surface area (TPSA) is 78.9 Å². The number of hydrogen-bond acceptors (Lipinski definition) is 6. The molecule has 0 aromatic heterocycles. The largest absolute Gasteiger partial charge is 0.462 e. The number of allylic oxidation sites excluding steroid dienone is 18. The van der Waals surface area contributed by atoms with Gasteiger partial charge in [-0.3, -0.25) is 14.4 Å². The molecule has 0 saturated carbocycles. The van der Waals surface area contributed by atoms with Gasteiger partial charge < -0.3 is 14.2 Å². The average Bonchev–Trinajstić information content (AvgIpc) is 3.29. The van der Waals surface area contributed by atoms with Crippen LogP contribution in [-0.2, 0) is 28.6 Å². The highest BCUT2D eigenvalue weighted by Gasteiger charge is 2.19. The molecule has 0 heterocycles. The lowest BCUT2D eigenvalue weighted by molar-refractivity contribution is -0.167. The third-order valence-corrected chi connectivity index (χ3v) is 10.5. The van der Waals surface area contributed by atoms with E-state index in [0.29, 0.717) is 19.3 Å². The lowest BCUT2D eigenvalue weighted by Crippen LogP contribution is -2.30. The maximum Gasteiger partial charge on any atom is 0.306 e. The van der Waals surface area contributed by atoms with Crippen molar-refractivity contribution in [3.8, 4) is 0 Å². The molecule has 0 aliphatic heterocycles. The van der Waals surface area contributed by atoms with Gasteiger partial charge in [-0.15, -0.1) is 0 Å². The van der Waals surface area contributed by atoms with Crippen molar-refractivity contribution in [3.05, 3.63) is 109 Å². The maximum atomic E-state index is 12.8. The van der Waals surface area contributed by atoms with E-state index in [1.807, 2.05) is 0 Å². The van der Waals surface area contributed by atoms with Gasteiger partial charge in [0.25, 0.3) is 0 Å². The third kappa shape index (κ3) is 49.1. The number of unbranched alkanes of at least 4 members (excludes halogenated alkanes) is 16. The van der Waals surface area contributed by atoms with Gasteiger partial charge in [0.2, 0.25) is 0 Å². The predicted octanol–water partition coefficient (Wildman–Crippen LogP) is 17.1. The average molecular weight is 887 g/mol. The summed E-state index contributed by atoms with van der Waals surface area (Å²) in [6.45, 7) is 6.35. The molecule has 0 aromatic carbocycles. The summed E-state index contributed by atoms with van der Waals surface area (Å²) in [6, 6.07) is 0. The first-order valence-corrected chi connectivity index (χ1v) is 25.9. The van der Waals surface area contributed by atoms with Crippen LogP contribution < -0.4 is 0 Å². The summed E-state index contributed by atoms with van der Waals surface area (Å²) < 4.78 is 16.7. The van der Waals surface area contributed by atoms with E-state index < -0.39 is 6.10 Å². The summed E-state index contributed by atoms with van der Waals surface area (Å²) >= 11 is 0. The van der Waals surface area contributed by atoms with Gasteiger partial charge >= 0.3 is 17.9 Å². The molecule has 0 saturated heterocycles. The molecule has 0 amide bonds. The van der Waals surface area contributed by atoms with E-state index in [-0.39, 0.29) is 37.5 Å². The highest BCUT2D eigenvalue weighted by molar-refractivity contribution is 5.71. The first-order chi connectivity index (χ1) is 31.5. The van der Waals surface area contributed by atoms with Gasteiger partial charge in [0.05, 0.1) is 0 Å². The van der Waals surface area contributed by atoms with Crippen LogP contribution in [0.2, 0.25) is 0 Å². The zero-order chi connectivity index (χ0) is 46.5. The number of ether oxygens (including phenoxy) is 3. The molecule has 0 spiro atoms. The van der Waals surface area contributed by atoms with Crippen molar-refractivity contribution in [3.63, 3.8) is 0 Å². The molecule has 6 nitrogen and oxygen atoms in total. The minimum atomic E-state index is -0.816. The second-order valence-corrected chi connectivity index (χ2v) is 16.7. The Bertz CT molecular complexity index is 1340. The Kier molecular flexibility index (Phi) is 48.5. The summed E-state index contributed by atoms with van der Waals surface area (Å²) in [5, 5.41) is 0. The SMILES string of the molecule is CC/C=C\C/C=C\C/C=C\C/C=C\C/C=C\CCCC(=O)OCC(COC(=O)CCCCCCC/C=C\C/C=C\CCC)OC(=O)CCCCCCC/C=C\C/C=C\CCCCCC. The van der Waals surface area contributed by atoms with Crippen molar-refractivity contribution in [2.45, 2.75) is 226 Å². The molecule has 0 bridgehead atoms. The van der Waals surface area contributed by atoms with E-state index >= 15 is 0 Å². The molecule has 64 heavy (non-hydrogen) atoms. The van der Waals surface area contributed by atoms with Crippen LogP contribution in [0.25, 0.3) is 0 Å². The number of hydrogen-bond donors (Lipinski definition) is 0. The second-order valence-electron chi connectivity index (χ2n) is 16.7. The van der Waals surface area contributed by atoms with Crippen LogP contribution >= 0.6 is 0 Å². The summed E-state index contributed by atoms with van der Waals surface area (Å²) in [4.78, 5) is 38.0. The van der Waals surface area contributed by atoms with Crippen molar-refractivity contribution in [1.29, 1.82) is 0 Å². The smallest absolute Gasteiger partial charge is 0.306 e. The van der Waals surface area contributed by atoms with Crippen LogP contribution in [0.3, 0.4) is 0 Å². The maximum absolute atomic E-state index is 12.8. The first-order valence-electron chi connectivity index (χ1n) is 25.9. The standard InChI is InChI=1S/C58H94O6/c1-4-7-10-13-16-19-22-25-27-29-31-33-36-39-42-45-48-51-57(60)63-54-55(53-62-56(59)50-47-44-41-38-35-32-24-21-18-15-12-9-6-3)64-58(61)52-49-46-43-40-37-34-30-28-26-23-20-17-14-11-8-5-2/h7,10,12,15-16,19-21,23-25,27-28,30-31,33,39,42,55H,4-6,8-9,11,13-14,17-18,22,26,29,32,34-38,40-41,43-54H2,1-3H3/b10-7-,15-12-,19-16-,23-20-,24-21-,27-25-,30-28-,33-31-,42-39-. The first kappa shape index (κ1) is 60.1. The molecule has 0 fully saturated rings. The molecule has 362 valence electrons. The van der Waals surface area contributed by atoms with Crippen molar-refractivity contribution >= 4 is 17.9 Å². The van der Waals surface area contributed by atoms with Gasteiger partial charge in [0.1, 0.15) is 13.2 Å². The molecular weight excluding hydrogens is 793 g/mol. The molecule has 0 aliphatic rings. The number of esters is 3. The molecule has 0 radical (unpaired) electrons. The van der Waals surface area contributed by atoms with Crippen molar-refractivity contribution < 1.29 is 28.6 Å². The van der Waals surface area contributed by atoms with E-state index in [9.17, 15) is 14.4 Å². The van der Waals surface area contributed by atoms with E-state index in [0.717, 1.165) is 135 Å². The van der Waals surface area contributed by atoms with Crippen LogP contribution in [0.15, 0.2) is 109 Å². The Morgan fingerprint density at radius 3 is 1.08 bits per heavy atom. The highest BCUT2D eigenvalue weighted by atomic mass is 16.6. The fourth-order valence-electron chi connectivity index (χ4n) is 6.60.